The molecule has 2 aliphatic carbocycles. The number of aliphatic hydroxyl groups is 1. The maximum absolute atomic E-state index is 13.0. The van der Waals surface area contributed by atoms with Gasteiger partial charge in [-0.25, -0.2) is 9.59 Å². The summed E-state index contributed by atoms with van der Waals surface area (Å²) in [7, 11) is 0. The molecule has 5 rings (SSSR count). The molecule has 184 valence electrons. The van der Waals surface area contributed by atoms with Crippen molar-refractivity contribution in [3.63, 3.8) is 0 Å². The second-order valence-corrected chi connectivity index (χ2v) is 9.76. The van der Waals surface area contributed by atoms with Gasteiger partial charge in [-0.1, -0.05) is 55.0 Å². The molecular formula is C27H30N2O6. The van der Waals surface area contributed by atoms with Crippen molar-refractivity contribution in [3.8, 4) is 11.1 Å². The molecule has 2 aromatic rings. The number of ether oxygens (including phenoxy) is 1. The lowest BCUT2D eigenvalue weighted by molar-refractivity contribution is -0.150. The van der Waals surface area contributed by atoms with Gasteiger partial charge in [0.05, 0.1) is 6.10 Å². The number of alkyl carbamates (subject to hydrolysis) is 1. The monoisotopic (exact) mass is 478 g/mol. The normalized spacial score (nSPS) is 25.6. The van der Waals surface area contributed by atoms with Crippen LogP contribution in [0, 0.1) is 5.92 Å². The molecule has 1 aliphatic heterocycles. The average molecular weight is 479 g/mol. The number of likely N-dealkylation sites (tertiary alicyclic amines) is 1. The first kappa shape index (κ1) is 23.4. The molecule has 1 saturated heterocycles. The summed E-state index contributed by atoms with van der Waals surface area (Å²) < 4.78 is 5.64. The summed E-state index contributed by atoms with van der Waals surface area (Å²) in [5, 5.41) is 22.2. The average Bonchev–Trinajstić information content (AvgIpc) is 3.41. The Hall–Kier alpha value is -3.39. The van der Waals surface area contributed by atoms with Crippen molar-refractivity contribution in [2.24, 2.45) is 5.92 Å². The molecule has 1 saturated carbocycles. The number of carboxylic acids is 1. The highest BCUT2D eigenvalue weighted by molar-refractivity contribution is 5.86. The van der Waals surface area contributed by atoms with Gasteiger partial charge < -0.3 is 25.2 Å². The van der Waals surface area contributed by atoms with Gasteiger partial charge >= 0.3 is 12.1 Å². The molecule has 8 heteroatoms. The van der Waals surface area contributed by atoms with Crippen LogP contribution in [0.4, 0.5) is 4.79 Å². The van der Waals surface area contributed by atoms with Crippen LogP contribution in [-0.2, 0) is 14.3 Å². The van der Waals surface area contributed by atoms with Crippen LogP contribution >= 0.6 is 0 Å². The molecule has 2 fully saturated rings. The summed E-state index contributed by atoms with van der Waals surface area (Å²) >= 11 is 0. The second kappa shape index (κ2) is 9.70. The van der Waals surface area contributed by atoms with Gasteiger partial charge in [-0.05, 0) is 41.5 Å². The third kappa shape index (κ3) is 4.62. The van der Waals surface area contributed by atoms with Crippen molar-refractivity contribution in [2.45, 2.75) is 56.2 Å². The minimum Gasteiger partial charge on any atom is -0.480 e. The van der Waals surface area contributed by atoms with Crippen LogP contribution in [0.25, 0.3) is 11.1 Å². The van der Waals surface area contributed by atoms with E-state index in [4.69, 9.17) is 4.74 Å². The van der Waals surface area contributed by atoms with Crippen molar-refractivity contribution >= 4 is 18.0 Å². The highest BCUT2D eigenvalue weighted by Gasteiger charge is 2.42. The first-order valence-electron chi connectivity index (χ1n) is 12.2. The standard InChI is InChI=1S/C27H30N2O6/c30-18-13-24(26(32)33)29(14-18)25(31)16-6-5-7-17(12-16)28-27(34)35-15-23-21-10-3-1-8-19(21)20-9-2-4-11-22(20)23/h1-4,8-11,16-18,23-24,30H,5-7,12-15H2,(H,28,34)(H,32,33)/t16-,17-,18?,24+/m1/s1. The van der Waals surface area contributed by atoms with Gasteiger partial charge in [0.15, 0.2) is 0 Å². The molecular weight excluding hydrogens is 448 g/mol. The van der Waals surface area contributed by atoms with Crippen molar-refractivity contribution in [1.82, 2.24) is 10.2 Å². The van der Waals surface area contributed by atoms with Gasteiger partial charge in [0.25, 0.3) is 0 Å². The zero-order valence-electron chi connectivity index (χ0n) is 19.4. The number of β-amino-alcohol motifs (C(OH)–C–C–N with tert-alkyl or cyclic N) is 1. The van der Waals surface area contributed by atoms with E-state index in [0.717, 1.165) is 35.1 Å². The summed E-state index contributed by atoms with van der Waals surface area (Å²) in [4.78, 5) is 38.5. The maximum Gasteiger partial charge on any atom is 0.407 e. The van der Waals surface area contributed by atoms with E-state index >= 15 is 0 Å². The number of carboxylic acid groups (broad SMARTS) is 1. The van der Waals surface area contributed by atoms with Crippen LogP contribution in [0.1, 0.15) is 49.1 Å². The fraction of sp³-hybridized carbons (Fsp3) is 0.444. The minimum atomic E-state index is -1.10. The Labute approximate surface area is 203 Å². The van der Waals surface area contributed by atoms with Gasteiger partial charge in [-0.3, -0.25) is 4.79 Å². The van der Waals surface area contributed by atoms with E-state index in [1.165, 1.54) is 4.90 Å². The molecule has 2 aromatic carbocycles. The number of carbonyl (C=O) groups is 3. The molecule has 2 amide bonds. The van der Waals surface area contributed by atoms with Gasteiger partial charge in [0, 0.05) is 30.8 Å². The van der Waals surface area contributed by atoms with Crippen molar-refractivity contribution in [2.75, 3.05) is 13.2 Å². The van der Waals surface area contributed by atoms with Crippen molar-refractivity contribution in [3.05, 3.63) is 59.7 Å². The molecule has 35 heavy (non-hydrogen) atoms. The van der Waals surface area contributed by atoms with Gasteiger partial charge in [-0.2, -0.15) is 0 Å². The molecule has 3 N–H and O–H groups in total. The van der Waals surface area contributed by atoms with E-state index in [1.54, 1.807) is 0 Å². The number of nitrogens with zero attached hydrogens (tertiary/aromatic N) is 1. The Morgan fingerprint density at radius 3 is 2.29 bits per heavy atom. The Balaban J connectivity index is 1.18. The number of aliphatic hydroxyl groups excluding tert-OH is 1. The molecule has 1 unspecified atom stereocenters. The topological polar surface area (TPSA) is 116 Å². The highest BCUT2D eigenvalue weighted by Crippen LogP contribution is 2.44. The van der Waals surface area contributed by atoms with E-state index in [1.807, 2.05) is 24.3 Å². The smallest absolute Gasteiger partial charge is 0.407 e. The summed E-state index contributed by atoms with van der Waals surface area (Å²) in [5.74, 6) is -1.76. The number of fused-ring (bicyclic) bond motifs is 3. The molecule has 0 aromatic heterocycles. The molecule has 3 aliphatic rings. The lowest BCUT2D eigenvalue weighted by Crippen LogP contribution is -2.47. The van der Waals surface area contributed by atoms with Crippen LogP contribution in [0.15, 0.2) is 48.5 Å². The number of hydrogen-bond donors (Lipinski definition) is 3. The van der Waals surface area contributed by atoms with Crippen molar-refractivity contribution in [1.29, 1.82) is 0 Å². The Morgan fingerprint density at radius 2 is 1.63 bits per heavy atom. The zero-order chi connectivity index (χ0) is 24.5. The first-order valence-corrected chi connectivity index (χ1v) is 12.2. The predicted octanol–water partition coefficient (Wildman–Crippen LogP) is 3.13. The quantitative estimate of drug-likeness (QED) is 0.608. The zero-order valence-corrected chi connectivity index (χ0v) is 19.4. The summed E-state index contributed by atoms with van der Waals surface area (Å²) in [6, 6.07) is 15.1. The number of hydrogen-bond acceptors (Lipinski definition) is 5. The van der Waals surface area contributed by atoms with E-state index in [-0.39, 0.29) is 43.4 Å². The first-order chi connectivity index (χ1) is 16.9. The van der Waals surface area contributed by atoms with Crippen molar-refractivity contribution < 1.29 is 29.3 Å². The summed E-state index contributed by atoms with van der Waals surface area (Å²) in [6.07, 6.45) is 1.28. The number of nitrogens with one attached hydrogen (secondary N) is 1. The molecule has 4 atom stereocenters. The predicted molar refractivity (Wildman–Crippen MR) is 128 cm³/mol. The molecule has 0 radical (unpaired) electrons. The van der Waals surface area contributed by atoms with E-state index in [2.05, 4.69) is 29.6 Å². The number of carbonyl (C=O) groups excluding carboxylic acids is 2. The number of aliphatic carboxylic acids is 1. The molecule has 0 spiro atoms. The van der Waals surface area contributed by atoms with Crippen LogP contribution < -0.4 is 5.32 Å². The van der Waals surface area contributed by atoms with Gasteiger partial charge in [0.1, 0.15) is 12.6 Å². The lowest BCUT2D eigenvalue weighted by Gasteiger charge is -2.32. The van der Waals surface area contributed by atoms with Crippen LogP contribution in [0.5, 0.6) is 0 Å². The molecule has 8 nitrogen and oxygen atoms in total. The SMILES string of the molecule is O=C(N[C@@H]1CCC[C@@H](C(=O)N2CC(O)C[C@H]2C(=O)O)C1)OCC1c2ccccc2-c2ccccc21. The Bertz CT molecular complexity index is 1090. The number of rotatable bonds is 5. The van der Waals surface area contributed by atoms with Crippen LogP contribution in [0.2, 0.25) is 0 Å². The second-order valence-electron chi connectivity index (χ2n) is 9.76. The lowest BCUT2D eigenvalue weighted by atomic mass is 9.84. The third-order valence-corrected chi connectivity index (χ3v) is 7.54. The van der Waals surface area contributed by atoms with Crippen LogP contribution in [-0.4, -0.2) is 64.4 Å². The summed E-state index contributed by atoms with van der Waals surface area (Å²) in [6.45, 7) is 0.262. The minimum absolute atomic E-state index is 0.0246. The fourth-order valence-corrected chi connectivity index (χ4v) is 5.88. The Morgan fingerprint density at radius 1 is 0.971 bits per heavy atom. The molecule has 1 heterocycles. The summed E-state index contributed by atoms with van der Waals surface area (Å²) in [5.41, 5.74) is 4.62. The number of benzene rings is 2. The Kier molecular flexibility index (Phi) is 6.47. The van der Waals surface area contributed by atoms with Gasteiger partial charge in [0.2, 0.25) is 5.91 Å². The number of amides is 2. The highest BCUT2D eigenvalue weighted by atomic mass is 16.5. The van der Waals surface area contributed by atoms with Gasteiger partial charge in [-0.15, -0.1) is 0 Å². The third-order valence-electron chi connectivity index (χ3n) is 7.54. The van der Waals surface area contributed by atoms with E-state index < -0.39 is 24.2 Å². The maximum atomic E-state index is 13.0. The fourth-order valence-electron chi connectivity index (χ4n) is 5.88. The largest absolute Gasteiger partial charge is 0.480 e. The molecule has 0 bridgehead atoms. The van der Waals surface area contributed by atoms with E-state index in [0.29, 0.717) is 12.8 Å². The van der Waals surface area contributed by atoms with Crippen LogP contribution in [0.3, 0.4) is 0 Å². The van der Waals surface area contributed by atoms with E-state index in [9.17, 15) is 24.6 Å².